The molecule has 0 N–H and O–H groups in total. The molecule has 0 aromatic heterocycles. The van der Waals surface area contributed by atoms with Crippen molar-refractivity contribution in [2.75, 3.05) is 31.1 Å². The number of fused-ring (bicyclic) bond motifs is 1. The van der Waals surface area contributed by atoms with Crippen molar-refractivity contribution in [1.82, 2.24) is 4.90 Å². The third-order valence-corrected chi connectivity index (χ3v) is 6.47. The number of hydrogen-bond acceptors (Lipinski definition) is 4. The molecule has 1 aliphatic rings. The number of para-hydroxylation sites is 2. The molecule has 0 bridgehead atoms. The summed E-state index contributed by atoms with van der Waals surface area (Å²) in [6.45, 7) is 3.02. The summed E-state index contributed by atoms with van der Waals surface area (Å²) in [5.74, 6) is 0.398. The van der Waals surface area contributed by atoms with E-state index in [9.17, 15) is 10.1 Å². The topological polar surface area (TPSA) is 56.6 Å². The molecule has 5 nitrogen and oxygen atoms in total. The van der Waals surface area contributed by atoms with Crippen LogP contribution in [0.15, 0.2) is 103 Å². The summed E-state index contributed by atoms with van der Waals surface area (Å²) in [7, 11) is 0. The van der Waals surface area contributed by atoms with E-state index in [0.717, 1.165) is 29.7 Å². The van der Waals surface area contributed by atoms with Crippen LogP contribution in [0.25, 0.3) is 16.8 Å². The van der Waals surface area contributed by atoms with Crippen molar-refractivity contribution in [3.8, 4) is 11.8 Å². The second kappa shape index (κ2) is 10.8. The lowest BCUT2D eigenvalue weighted by Crippen LogP contribution is -2.49. The van der Waals surface area contributed by atoms with Crippen molar-refractivity contribution in [3.05, 3.63) is 114 Å². The van der Waals surface area contributed by atoms with Crippen molar-refractivity contribution in [3.63, 3.8) is 0 Å². The highest BCUT2D eigenvalue weighted by Crippen LogP contribution is 2.24. The second-order valence-electron chi connectivity index (χ2n) is 8.79. The van der Waals surface area contributed by atoms with E-state index in [1.54, 1.807) is 11.0 Å². The van der Waals surface area contributed by atoms with Gasteiger partial charge in [-0.3, -0.25) is 4.79 Å². The zero-order valence-electron chi connectivity index (χ0n) is 20.0. The number of ether oxygens (including phenoxy) is 1. The van der Waals surface area contributed by atoms with E-state index in [1.807, 2.05) is 54.6 Å². The van der Waals surface area contributed by atoms with Crippen LogP contribution in [-0.2, 0) is 11.4 Å². The first-order valence-electron chi connectivity index (χ1n) is 12.1. The van der Waals surface area contributed by atoms with Gasteiger partial charge < -0.3 is 14.5 Å². The minimum atomic E-state index is -0.241. The van der Waals surface area contributed by atoms with Gasteiger partial charge in [0.15, 0.2) is 0 Å². The van der Waals surface area contributed by atoms with Crippen LogP contribution in [0, 0.1) is 11.3 Å². The molecule has 0 aliphatic carbocycles. The first-order chi connectivity index (χ1) is 17.7. The molecule has 1 saturated heterocycles. The monoisotopic (exact) mass is 473 g/mol. The van der Waals surface area contributed by atoms with Gasteiger partial charge >= 0.3 is 0 Å². The third-order valence-electron chi connectivity index (χ3n) is 6.47. The molecule has 1 amide bonds. The summed E-state index contributed by atoms with van der Waals surface area (Å²) in [5, 5.41) is 12.2. The predicted octanol–water partition coefficient (Wildman–Crippen LogP) is 5.67. The molecule has 0 spiro atoms. The van der Waals surface area contributed by atoms with Crippen molar-refractivity contribution in [2.24, 2.45) is 0 Å². The van der Waals surface area contributed by atoms with E-state index in [4.69, 9.17) is 4.74 Å². The molecule has 36 heavy (non-hydrogen) atoms. The Morgan fingerprint density at radius 2 is 1.53 bits per heavy atom. The summed E-state index contributed by atoms with van der Waals surface area (Å²) in [6.07, 6.45) is 1.64. The molecule has 1 fully saturated rings. The molecule has 1 aliphatic heterocycles. The number of rotatable bonds is 6. The predicted molar refractivity (Wildman–Crippen MR) is 144 cm³/mol. The number of carbonyl (C=O) groups excluding carboxylic acids is 1. The Hall–Kier alpha value is -4.56. The molecular formula is C31H27N3O2. The fraction of sp³-hybridized carbons (Fsp3) is 0.161. The van der Waals surface area contributed by atoms with E-state index in [-0.39, 0.29) is 11.5 Å². The molecule has 0 saturated carbocycles. The van der Waals surface area contributed by atoms with Crippen molar-refractivity contribution >= 4 is 28.4 Å². The molecule has 0 radical (unpaired) electrons. The SMILES string of the molecule is N#C/C(=C/c1ccccc1OCc1ccc2ccccc2c1)C(=O)N1CCN(c2ccccc2)CC1. The van der Waals surface area contributed by atoms with Gasteiger partial charge in [-0.15, -0.1) is 0 Å². The zero-order chi connectivity index (χ0) is 24.7. The second-order valence-corrected chi connectivity index (χ2v) is 8.79. The van der Waals surface area contributed by atoms with Crippen LogP contribution in [0.5, 0.6) is 5.75 Å². The molecule has 5 rings (SSSR count). The molecule has 178 valence electrons. The fourth-order valence-electron chi connectivity index (χ4n) is 4.50. The van der Waals surface area contributed by atoms with Gasteiger partial charge in [0.1, 0.15) is 24.0 Å². The maximum atomic E-state index is 13.2. The Labute approximate surface area is 211 Å². The first-order valence-corrected chi connectivity index (χ1v) is 12.1. The molecule has 0 atom stereocenters. The average Bonchev–Trinajstić information content (AvgIpc) is 2.95. The van der Waals surface area contributed by atoms with Crippen molar-refractivity contribution in [1.29, 1.82) is 5.26 Å². The summed E-state index contributed by atoms with van der Waals surface area (Å²) >= 11 is 0. The third kappa shape index (κ3) is 5.24. The van der Waals surface area contributed by atoms with Gasteiger partial charge in [0.05, 0.1) is 0 Å². The number of amides is 1. The highest BCUT2D eigenvalue weighted by molar-refractivity contribution is 6.02. The molecule has 4 aromatic rings. The van der Waals surface area contributed by atoms with E-state index in [1.165, 1.54) is 5.39 Å². The van der Waals surface area contributed by atoms with Gasteiger partial charge in [-0.2, -0.15) is 5.26 Å². The van der Waals surface area contributed by atoms with Crippen LogP contribution in [0.3, 0.4) is 0 Å². The van der Waals surface area contributed by atoms with Crippen LogP contribution >= 0.6 is 0 Å². The fourth-order valence-corrected chi connectivity index (χ4v) is 4.50. The highest BCUT2D eigenvalue weighted by atomic mass is 16.5. The molecule has 1 heterocycles. The van der Waals surface area contributed by atoms with Crippen molar-refractivity contribution < 1.29 is 9.53 Å². The highest BCUT2D eigenvalue weighted by Gasteiger charge is 2.24. The summed E-state index contributed by atoms with van der Waals surface area (Å²) in [4.78, 5) is 17.2. The molecule has 0 unspecified atom stereocenters. The van der Waals surface area contributed by atoms with Crippen LogP contribution in [-0.4, -0.2) is 37.0 Å². The number of nitrogens with zero attached hydrogens (tertiary/aromatic N) is 3. The van der Waals surface area contributed by atoms with Gasteiger partial charge in [0.2, 0.25) is 0 Å². The summed E-state index contributed by atoms with van der Waals surface area (Å²) < 4.78 is 6.12. The van der Waals surface area contributed by atoms with E-state index >= 15 is 0 Å². The van der Waals surface area contributed by atoms with E-state index in [0.29, 0.717) is 31.0 Å². The lowest BCUT2D eigenvalue weighted by molar-refractivity contribution is -0.126. The Balaban J connectivity index is 1.27. The molecule has 4 aromatic carbocycles. The van der Waals surface area contributed by atoms with E-state index in [2.05, 4.69) is 53.4 Å². The normalized spacial score (nSPS) is 13.9. The standard InChI is InChI=1S/C31H27N3O2/c32-22-28(31(35)34-18-16-33(17-19-34)29-11-2-1-3-12-29)21-27-10-6-7-13-30(27)36-23-24-14-15-25-8-4-5-9-26(25)20-24/h1-15,20-21H,16-19,23H2/b28-21-. The lowest BCUT2D eigenvalue weighted by atomic mass is 10.1. The number of carbonyl (C=O) groups is 1. The Morgan fingerprint density at radius 1 is 0.833 bits per heavy atom. The maximum absolute atomic E-state index is 13.2. The van der Waals surface area contributed by atoms with Gasteiger partial charge in [0, 0.05) is 37.4 Å². The van der Waals surface area contributed by atoms with Crippen LogP contribution in [0.2, 0.25) is 0 Å². The van der Waals surface area contributed by atoms with Crippen LogP contribution < -0.4 is 9.64 Å². The Bertz CT molecular complexity index is 1430. The summed E-state index contributed by atoms with van der Waals surface area (Å²) in [6, 6.07) is 34.3. The first kappa shape index (κ1) is 23.2. The van der Waals surface area contributed by atoms with Crippen LogP contribution in [0.4, 0.5) is 5.69 Å². The molecular weight excluding hydrogens is 446 g/mol. The Morgan fingerprint density at radius 3 is 2.31 bits per heavy atom. The van der Waals surface area contributed by atoms with Gasteiger partial charge in [-0.1, -0.05) is 72.8 Å². The van der Waals surface area contributed by atoms with Gasteiger partial charge in [-0.25, -0.2) is 0 Å². The average molecular weight is 474 g/mol. The molecule has 5 heteroatoms. The number of anilines is 1. The zero-order valence-corrected chi connectivity index (χ0v) is 20.0. The maximum Gasteiger partial charge on any atom is 0.264 e. The number of hydrogen-bond donors (Lipinski definition) is 0. The minimum Gasteiger partial charge on any atom is -0.488 e. The van der Waals surface area contributed by atoms with Gasteiger partial charge in [0.25, 0.3) is 5.91 Å². The minimum absolute atomic E-state index is 0.116. The van der Waals surface area contributed by atoms with Crippen LogP contribution in [0.1, 0.15) is 11.1 Å². The number of benzene rings is 4. The largest absolute Gasteiger partial charge is 0.488 e. The van der Waals surface area contributed by atoms with Crippen molar-refractivity contribution in [2.45, 2.75) is 6.61 Å². The smallest absolute Gasteiger partial charge is 0.264 e. The summed E-state index contributed by atoms with van der Waals surface area (Å²) in [5.41, 5.74) is 3.04. The number of nitriles is 1. The van der Waals surface area contributed by atoms with Gasteiger partial charge in [-0.05, 0) is 46.7 Å². The van der Waals surface area contributed by atoms with E-state index < -0.39 is 0 Å². The lowest BCUT2D eigenvalue weighted by Gasteiger charge is -2.36. The Kier molecular flexibility index (Phi) is 6.95. The number of piperazine rings is 1. The quantitative estimate of drug-likeness (QED) is 0.267.